The molecule has 0 bridgehead atoms. The molecule has 1 heterocycles. The van der Waals surface area contributed by atoms with E-state index in [2.05, 4.69) is 21.0 Å². The van der Waals surface area contributed by atoms with Gasteiger partial charge in [-0.1, -0.05) is 0 Å². The molecule has 82 valence electrons. The molecule has 2 aromatic rings. The van der Waals surface area contributed by atoms with Gasteiger partial charge in [0.2, 0.25) is 5.91 Å². The number of carbonyl (C=O) groups is 1. The minimum atomic E-state index is -0.493. The lowest BCUT2D eigenvalue weighted by molar-refractivity contribution is 0.100. The van der Waals surface area contributed by atoms with Crippen LogP contribution in [0.3, 0.4) is 0 Å². The fourth-order valence-electron chi connectivity index (χ4n) is 1.33. The molecule has 4 N–H and O–H groups in total. The SMILES string of the molecule is NC(=O)c1ccc(N)c(-n2cc(Br)cn2)c1. The Labute approximate surface area is 100 Å². The van der Waals surface area contributed by atoms with Crippen LogP contribution in [-0.2, 0) is 0 Å². The summed E-state index contributed by atoms with van der Waals surface area (Å²) in [5, 5.41) is 4.08. The Balaban J connectivity index is 2.55. The number of primary amides is 1. The van der Waals surface area contributed by atoms with Gasteiger partial charge in [0.1, 0.15) is 0 Å². The second-order valence-electron chi connectivity index (χ2n) is 3.24. The molecule has 5 nitrogen and oxygen atoms in total. The van der Waals surface area contributed by atoms with Crippen molar-refractivity contribution >= 4 is 27.5 Å². The first-order chi connectivity index (χ1) is 7.58. The van der Waals surface area contributed by atoms with E-state index in [1.807, 2.05) is 0 Å². The van der Waals surface area contributed by atoms with Gasteiger partial charge in [-0.15, -0.1) is 0 Å². The highest BCUT2D eigenvalue weighted by molar-refractivity contribution is 9.10. The van der Waals surface area contributed by atoms with E-state index in [-0.39, 0.29) is 0 Å². The monoisotopic (exact) mass is 280 g/mol. The molecule has 1 amide bonds. The zero-order chi connectivity index (χ0) is 11.7. The molecule has 0 saturated heterocycles. The number of hydrogen-bond donors (Lipinski definition) is 2. The standard InChI is InChI=1S/C10H9BrN4O/c11-7-4-14-15(5-7)9-3-6(10(13)16)1-2-8(9)12/h1-5H,12H2,(H2,13,16). The second kappa shape index (κ2) is 3.97. The molecule has 16 heavy (non-hydrogen) atoms. The molecule has 2 rings (SSSR count). The van der Waals surface area contributed by atoms with E-state index >= 15 is 0 Å². The number of halogens is 1. The fraction of sp³-hybridized carbons (Fsp3) is 0. The highest BCUT2D eigenvalue weighted by Gasteiger charge is 2.07. The van der Waals surface area contributed by atoms with Crippen molar-refractivity contribution in [3.8, 4) is 5.69 Å². The van der Waals surface area contributed by atoms with Crippen molar-refractivity contribution in [1.29, 1.82) is 0 Å². The third-order valence-electron chi connectivity index (χ3n) is 2.11. The van der Waals surface area contributed by atoms with Crippen LogP contribution in [0, 0.1) is 0 Å². The first kappa shape index (κ1) is 10.7. The van der Waals surface area contributed by atoms with Crippen LogP contribution in [0.5, 0.6) is 0 Å². The summed E-state index contributed by atoms with van der Waals surface area (Å²) in [5.74, 6) is -0.493. The number of aromatic nitrogens is 2. The Morgan fingerprint density at radius 1 is 1.44 bits per heavy atom. The van der Waals surface area contributed by atoms with Crippen LogP contribution in [0.15, 0.2) is 35.1 Å². The van der Waals surface area contributed by atoms with Gasteiger partial charge in [-0.3, -0.25) is 4.79 Å². The maximum absolute atomic E-state index is 11.0. The molecule has 1 aromatic heterocycles. The smallest absolute Gasteiger partial charge is 0.248 e. The van der Waals surface area contributed by atoms with Crippen molar-refractivity contribution in [3.63, 3.8) is 0 Å². The molecule has 0 radical (unpaired) electrons. The van der Waals surface area contributed by atoms with Crippen LogP contribution in [0.4, 0.5) is 5.69 Å². The molecular formula is C10H9BrN4O. The van der Waals surface area contributed by atoms with Crippen LogP contribution < -0.4 is 11.5 Å². The number of nitrogens with two attached hydrogens (primary N) is 2. The molecule has 0 saturated carbocycles. The van der Waals surface area contributed by atoms with Crippen molar-refractivity contribution < 1.29 is 4.79 Å². The molecular weight excluding hydrogens is 272 g/mol. The van der Waals surface area contributed by atoms with E-state index in [0.717, 1.165) is 4.47 Å². The maximum atomic E-state index is 11.0. The fourth-order valence-corrected chi connectivity index (χ4v) is 1.61. The Morgan fingerprint density at radius 3 is 2.75 bits per heavy atom. The van der Waals surface area contributed by atoms with E-state index in [9.17, 15) is 4.79 Å². The summed E-state index contributed by atoms with van der Waals surface area (Å²) in [7, 11) is 0. The van der Waals surface area contributed by atoms with Gasteiger partial charge in [-0.05, 0) is 34.1 Å². The first-order valence-corrected chi connectivity index (χ1v) is 5.27. The Bertz CT molecular complexity index is 550. The second-order valence-corrected chi connectivity index (χ2v) is 4.16. The lowest BCUT2D eigenvalue weighted by Crippen LogP contribution is -2.12. The van der Waals surface area contributed by atoms with Gasteiger partial charge in [0, 0.05) is 11.8 Å². The zero-order valence-corrected chi connectivity index (χ0v) is 9.81. The third kappa shape index (κ3) is 1.92. The third-order valence-corrected chi connectivity index (χ3v) is 2.52. The summed E-state index contributed by atoms with van der Waals surface area (Å²) < 4.78 is 2.41. The lowest BCUT2D eigenvalue weighted by atomic mass is 10.1. The van der Waals surface area contributed by atoms with Gasteiger partial charge >= 0.3 is 0 Å². The van der Waals surface area contributed by atoms with Gasteiger partial charge in [0.15, 0.2) is 0 Å². The molecule has 0 aliphatic carbocycles. The van der Waals surface area contributed by atoms with Crippen molar-refractivity contribution in [2.45, 2.75) is 0 Å². The number of hydrogen-bond acceptors (Lipinski definition) is 3. The first-order valence-electron chi connectivity index (χ1n) is 4.48. The highest BCUT2D eigenvalue weighted by atomic mass is 79.9. The average Bonchev–Trinajstić information content (AvgIpc) is 2.65. The number of amides is 1. The van der Waals surface area contributed by atoms with Crippen molar-refractivity contribution in [2.24, 2.45) is 5.73 Å². The minimum absolute atomic E-state index is 0.399. The van der Waals surface area contributed by atoms with Gasteiger partial charge in [0.05, 0.1) is 22.0 Å². The van der Waals surface area contributed by atoms with E-state index < -0.39 is 5.91 Å². The van der Waals surface area contributed by atoms with Crippen molar-refractivity contribution in [1.82, 2.24) is 9.78 Å². The van der Waals surface area contributed by atoms with E-state index in [1.165, 1.54) is 0 Å². The minimum Gasteiger partial charge on any atom is -0.397 e. The predicted octanol–water partition coefficient (Wildman–Crippen LogP) is 1.32. The molecule has 0 spiro atoms. The normalized spacial score (nSPS) is 10.3. The highest BCUT2D eigenvalue weighted by Crippen LogP contribution is 2.20. The molecule has 6 heteroatoms. The van der Waals surface area contributed by atoms with E-state index in [1.54, 1.807) is 35.3 Å². The molecule has 0 aliphatic heterocycles. The number of anilines is 1. The van der Waals surface area contributed by atoms with Gasteiger partial charge in [-0.2, -0.15) is 5.10 Å². The maximum Gasteiger partial charge on any atom is 0.248 e. The molecule has 0 atom stereocenters. The number of carbonyl (C=O) groups excluding carboxylic acids is 1. The summed E-state index contributed by atoms with van der Waals surface area (Å²) in [4.78, 5) is 11.0. The molecule has 0 fully saturated rings. The topological polar surface area (TPSA) is 86.9 Å². The quantitative estimate of drug-likeness (QED) is 0.814. The molecule has 1 aromatic carbocycles. The van der Waals surface area contributed by atoms with Crippen LogP contribution >= 0.6 is 15.9 Å². The lowest BCUT2D eigenvalue weighted by Gasteiger charge is -2.06. The summed E-state index contributed by atoms with van der Waals surface area (Å²) in [5.41, 5.74) is 12.6. The Kier molecular flexibility index (Phi) is 2.66. The Morgan fingerprint density at radius 2 is 2.19 bits per heavy atom. The van der Waals surface area contributed by atoms with Crippen molar-refractivity contribution in [3.05, 3.63) is 40.6 Å². The van der Waals surface area contributed by atoms with E-state index in [0.29, 0.717) is 16.9 Å². The summed E-state index contributed by atoms with van der Waals surface area (Å²) in [6.07, 6.45) is 3.38. The van der Waals surface area contributed by atoms with Crippen molar-refractivity contribution in [2.75, 3.05) is 5.73 Å². The van der Waals surface area contributed by atoms with E-state index in [4.69, 9.17) is 11.5 Å². The van der Waals surface area contributed by atoms with Crippen LogP contribution in [0.25, 0.3) is 5.69 Å². The summed E-state index contributed by atoms with van der Waals surface area (Å²) in [6.45, 7) is 0. The number of nitrogens with zero attached hydrogens (tertiary/aromatic N) is 2. The number of nitrogen functional groups attached to an aromatic ring is 1. The van der Waals surface area contributed by atoms with Crippen LogP contribution in [0.1, 0.15) is 10.4 Å². The van der Waals surface area contributed by atoms with Crippen LogP contribution in [0.2, 0.25) is 0 Å². The Hall–Kier alpha value is -1.82. The predicted molar refractivity (Wildman–Crippen MR) is 64.2 cm³/mol. The summed E-state index contributed by atoms with van der Waals surface area (Å²) in [6, 6.07) is 4.82. The van der Waals surface area contributed by atoms with Gasteiger partial charge < -0.3 is 11.5 Å². The van der Waals surface area contributed by atoms with Crippen LogP contribution in [-0.4, -0.2) is 15.7 Å². The average molecular weight is 281 g/mol. The molecule has 0 unspecified atom stereocenters. The zero-order valence-electron chi connectivity index (χ0n) is 8.22. The summed E-state index contributed by atoms with van der Waals surface area (Å²) >= 11 is 3.29. The number of rotatable bonds is 2. The van der Waals surface area contributed by atoms with Gasteiger partial charge in [-0.25, -0.2) is 4.68 Å². The molecule has 0 aliphatic rings. The van der Waals surface area contributed by atoms with Gasteiger partial charge in [0.25, 0.3) is 0 Å². The largest absolute Gasteiger partial charge is 0.397 e. The number of benzene rings is 1.